The lowest BCUT2D eigenvalue weighted by atomic mass is 10.1. The number of carbonyl (C=O) groups is 1. The lowest BCUT2D eigenvalue weighted by molar-refractivity contribution is -0.117. The maximum Gasteiger partial charge on any atom is 0.245 e. The molecule has 0 heterocycles. The minimum atomic E-state index is -0.653. The molecule has 0 aliphatic rings. The van der Waals surface area contributed by atoms with E-state index >= 15 is 0 Å². The molecule has 0 aliphatic heterocycles. The third-order valence-electron chi connectivity index (χ3n) is 3.17. The fourth-order valence-electron chi connectivity index (χ4n) is 2.02. The average Bonchev–Trinajstić information content (AvgIpc) is 2.43. The number of amides is 1. The number of nitrogens with one attached hydrogen (secondary N) is 1. The van der Waals surface area contributed by atoms with Crippen molar-refractivity contribution in [3.05, 3.63) is 65.2 Å². The molecule has 1 unspecified atom stereocenters. The minimum absolute atomic E-state index is 0.191. The van der Waals surface area contributed by atoms with Crippen LogP contribution in [0.15, 0.2) is 48.5 Å². The van der Waals surface area contributed by atoms with Gasteiger partial charge in [-0.3, -0.25) is 4.79 Å². The normalized spacial score (nSPS) is 11.9. The number of carbonyl (C=O) groups excluding carboxylic acids is 1. The van der Waals surface area contributed by atoms with Gasteiger partial charge in [0.25, 0.3) is 0 Å². The number of aryl methyl sites for hydroxylation is 2. The Kier molecular flexibility index (Phi) is 3.97. The van der Waals surface area contributed by atoms with Crippen LogP contribution in [0.4, 0.5) is 5.69 Å². The Morgan fingerprint density at radius 2 is 1.58 bits per heavy atom. The van der Waals surface area contributed by atoms with Crippen LogP contribution in [0.1, 0.15) is 22.7 Å². The van der Waals surface area contributed by atoms with E-state index in [1.54, 1.807) is 0 Å². The molecule has 2 aromatic rings. The van der Waals surface area contributed by atoms with Crippen molar-refractivity contribution < 1.29 is 4.79 Å². The van der Waals surface area contributed by atoms with E-state index in [0.717, 1.165) is 22.4 Å². The molecule has 1 atom stereocenters. The molecule has 0 spiro atoms. The van der Waals surface area contributed by atoms with Gasteiger partial charge in [-0.1, -0.05) is 48.5 Å². The number of para-hydroxylation sites is 1. The van der Waals surface area contributed by atoms with Crippen LogP contribution in [0.2, 0.25) is 0 Å². The molecule has 3 heteroatoms. The van der Waals surface area contributed by atoms with Gasteiger partial charge < -0.3 is 11.1 Å². The van der Waals surface area contributed by atoms with Crippen LogP contribution >= 0.6 is 0 Å². The van der Waals surface area contributed by atoms with Gasteiger partial charge in [0.15, 0.2) is 0 Å². The quantitative estimate of drug-likeness (QED) is 0.884. The maximum absolute atomic E-state index is 12.2. The van der Waals surface area contributed by atoms with Crippen molar-refractivity contribution in [1.82, 2.24) is 0 Å². The molecule has 0 bridgehead atoms. The SMILES string of the molecule is Cc1cccc(C)c1NC(=O)C(N)c1ccccc1. The number of nitrogens with two attached hydrogens (primary N) is 1. The summed E-state index contributed by atoms with van der Waals surface area (Å²) in [6.45, 7) is 3.94. The molecule has 0 radical (unpaired) electrons. The monoisotopic (exact) mass is 254 g/mol. The first-order valence-electron chi connectivity index (χ1n) is 6.27. The van der Waals surface area contributed by atoms with Gasteiger partial charge in [-0.05, 0) is 30.5 Å². The van der Waals surface area contributed by atoms with Gasteiger partial charge in [-0.2, -0.15) is 0 Å². The van der Waals surface area contributed by atoms with Crippen molar-refractivity contribution in [2.75, 3.05) is 5.32 Å². The van der Waals surface area contributed by atoms with E-state index in [4.69, 9.17) is 5.73 Å². The second-order valence-corrected chi connectivity index (χ2v) is 4.64. The molecule has 0 saturated carbocycles. The summed E-state index contributed by atoms with van der Waals surface area (Å²) in [5, 5.41) is 2.91. The molecule has 0 aromatic heterocycles. The van der Waals surface area contributed by atoms with Crippen molar-refractivity contribution in [3.63, 3.8) is 0 Å². The van der Waals surface area contributed by atoms with Crippen LogP contribution in [0.3, 0.4) is 0 Å². The summed E-state index contributed by atoms with van der Waals surface area (Å²) in [7, 11) is 0. The van der Waals surface area contributed by atoms with Crippen LogP contribution < -0.4 is 11.1 Å². The smallest absolute Gasteiger partial charge is 0.245 e. The Balaban J connectivity index is 2.18. The summed E-state index contributed by atoms with van der Waals surface area (Å²) in [4.78, 5) is 12.2. The molecular formula is C16H18N2O. The number of hydrogen-bond acceptors (Lipinski definition) is 2. The van der Waals surface area contributed by atoms with Gasteiger partial charge >= 0.3 is 0 Å². The Bertz CT molecular complexity index is 558. The molecule has 0 saturated heterocycles. The largest absolute Gasteiger partial charge is 0.324 e. The van der Waals surface area contributed by atoms with Crippen LogP contribution in [0.5, 0.6) is 0 Å². The third kappa shape index (κ3) is 3.01. The molecule has 98 valence electrons. The predicted octanol–water partition coefficient (Wildman–Crippen LogP) is 2.94. The Labute approximate surface area is 113 Å². The number of benzene rings is 2. The molecule has 2 rings (SSSR count). The van der Waals surface area contributed by atoms with Crippen molar-refractivity contribution in [3.8, 4) is 0 Å². The zero-order valence-corrected chi connectivity index (χ0v) is 11.2. The lowest BCUT2D eigenvalue weighted by Gasteiger charge is -2.15. The number of hydrogen-bond donors (Lipinski definition) is 2. The first-order valence-corrected chi connectivity index (χ1v) is 6.27. The van der Waals surface area contributed by atoms with Gasteiger partial charge in [0.2, 0.25) is 5.91 Å². The molecule has 0 fully saturated rings. The number of rotatable bonds is 3. The molecule has 1 amide bonds. The van der Waals surface area contributed by atoms with E-state index in [0.29, 0.717) is 0 Å². The van der Waals surface area contributed by atoms with Gasteiger partial charge in [0, 0.05) is 5.69 Å². The molecule has 3 N–H and O–H groups in total. The van der Waals surface area contributed by atoms with Crippen molar-refractivity contribution in [2.24, 2.45) is 5.73 Å². The molecule has 19 heavy (non-hydrogen) atoms. The highest BCUT2D eigenvalue weighted by Gasteiger charge is 2.16. The molecule has 3 nitrogen and oxygen atoms in total. The van der Waals surface area contributed by atoms with Crippen LogP contribution in [0.25, 0.3) is 0 Å². The highest BCUT2D eigenvalue weighted by Crippen LogP contribution is 2.21. The summed E-state index contributed by atoms with van der Waals surface area (Å²) < 4.78 is 0. The zero-order chi connectivity index (χ0) is 13.8. The van der Waals surface area contributed by atoms with Gasteiger partial charge in [-0.25, -0.2) is 0 Å². The van der Waals surface area contributed by atoms with Crippen LogP contribution in [0, 0.1) is 13.8 Å². The zero-order valence-electron chi connectivity index (χ0n) is 11.2. The van der Waals surface area contributed by atoms with E-state index in [9.17, 15) is 4.79 Å². The highest BCUT2D eigenvalue weighted by atomic mass is 16.2. The van der Waals surface area contributed by atoms with Crippen molar-refractivity contribution >= 4 is 11.6 Å². The van der Waals surface area contributed by atoms with E-state index in [-0.39, 0.29) is 5.91 Å². The lowest BCUT2D eigenvalue weighted by Crippen LogP contribution is -2.28. The Morgan fingerprint density at radius 3 is 2.16 bits per heavy atom. The Hall–Kier alpha value is -2.13. The summed E-state index contributed by atoms with van der Waals surface area (Å²) in [5.41, 5.74) is 9.70. The molecule has 2 aromatic carbocycles. The standard InChI is InChI=1S/C16H18N2O/c1-11-7-6-8-12(2)15(11)18-16(19)14(17)13-9-4-3-5-10-13/h3-10,14H,17H2,1-2H3,(H,18,19). The summed E-state index contributed by atoms with van der Waals surface area (Å²) >= 11 is 0. The molecular weight excluding hydrogens is 236 g/mol. The maximum atomic E-state index is 12.2. The van der Waals surface area contributed by atoms with E-state index < -0.39 is 6.04 Å². The van der Waals surface area contributed by atoms with Gasteiger partial charge in [0.05, 0.1) is 0 Å². The second-order valence-electron chi connectivity index (χ2n) is 4.64. The van der Waals surface area contributed by atoms with Crippen LogP contribution in [-0.4, -0.2) is 5.91 Å². The number of anilines is 1. The fraction of sp³-hybridized carbons (Fsp3) is 0.188. The van der Waals surface area contributed by atoms with E-state index in [2.05, 4.69) is 5.32 Å². The minimum Gasteiger partial charge on any atom is -0.324 e. The third-order valence-corrected chi connectivity index (χ3v) is 3.17. The summed E-state index contributed by atoms with van der Waals surface area (Å²) in [6, 6.07) is 14.6. The predicted molar refractivity (Wildman–Crippen MR) is 77.9 cm³/mol. The van der Waals surface area contributed by atoms with Crippen LogP contribution in [-0.2, 0) is 4.79 Å². The van der Waals surface area contributed by atoms with Crippen molar-refractivity contribution in [1.29, 1.82) is 0 Å². The second kappa shape index (κ2) is 5.67. The van der Waals surface area contributed by atoms with E-state index in [1.165, 1.54) is 0 Å². The van der Waals surface area contributed by atoms with Gasteiger partial charge in [0.1, 0.15) is 6.04 Å². The topological polar surface area (TPSA) is 55.1 Å². The highest BCUT2D eigenvalue weighted by molar-refractivity contribution is 5.96. The average molecular weight is 254 g/mol. The van der Waals surface area contributed by atoms with E-state index in [1.807, 2.05) is 62.4 Å². The first kappa shape index (κ1) is 13.3. The fourth-order valence-corrected chi connectivity index (χ4v) is 2.02. The molecule has 0 aliphatic carbocycles. The first-order chi connectivity index (χ1) is 9.09. The summed E-state index contributed by atoms with van der Waals surface area (Å²) in [5.74, 6) is -0.191. The Morgan fingerprint density at radius 1 is 1.00 bits per heavy atom. The van der Waals surface area contributed by atoms with Gasteiger partial charge in [-0.15, -0.1) is 0 Å². The summed E-state index contributed by atoms with van der Waals surface area (Å²) in [6.07, 6.45) is 0. The van der Waals surface area contributed by atoms with Crippen molar-refractivity contribution in [2.45, 2.75) is 19.9 Å².